The molecule has 1 heterocycles. The van der Waals surface area contributed by atoms with Crippen LogP contribution in [0.2, 0.25) is 0 Å². The second-order valence-corrected chi connectivity index (χ2v) is 4.37. The van der Waals surface area contributed by atoms with Crippen molar-refractivity contribution < 1.29 is 9.21 Å². The van der Waals surface area contributed by atoms with Crippen molar-refractivity contribution in [1.29, 1.82) is 0 Å². The van der Waals surface area contributed by atoms with Gasteiger partial charge >= 0.3 is 0 Å². The van der Waals surface area contributed by atoms with Crippen LogP contribution < -0.4 is 11.1 Å². The largest absolute Gasteiger partial charge is 0.444 e. The number of carbonyl (C=O) groups is 1. The summed E-state index contributed by atoms with van der Waals surface area (Å²) in [6.07, 6.45) is 2.20. The molecular weight excluding hydrogens is 238 g/mol. The summed E-state index contributed by atoms with van der Waals surface area (Å²) in [7, 11) is 0. The number of carbonyl (C=O) groups excluding carboxylic acids is 1. The number of hydrogen-bond acceptors (Lipinski definition) is 4. The van der Waals surface area contributed by atoms with Gasteiger partial charge in [-0.25, -0.2) is 4.98 Å². The third kappa shape index (κ3) is 3.52. The average Bonchev–Trinajstić information content (AvgIpc) is 2.65. The number of oxazole rings is 1. The number of hydrogen-bond donors (Lipinski definition) is 2. The van der Waals surface area contributed by atoms with Gasteiger partial charge in [-0.3, -0.25) is 4.79 Å². The van der Waals surface area contributed by atoms with Gasteiger partial charge in [0, 0.05) is 0 Å². The molecule has 0 fully saturated rings. The van der Waals surface area contributed by atoms with Crippen LogP contribution in [0.15, 0.2) is 10.6 Å². The van der Waals surface area contributed by atoms with Gasteiger partial charge in [-0.15, -0.1) is 0 Å². The predicted octanol–water partition coefficient (Wildman–Crippen LogP) is 1.47. The predicted molar refractivity (Wildman–Crippen MR) is 68.4 cm³/mol. The van der Waals surface area contributed by atoms with Crippen LogP contribution in [0.5, 0.6) is 0 Å². The highest BCUT2D eigenvalue weighted by molar-refractivity contribution is 7.80. The molecule has 1 aromatic rings. The summed E-state index contributed by atoms with van der Waals surface area (Å²) >= 11 is 4.84. The molecule has 0 aliphatic carbocycles. The second-order valence-electron chi connectivity index (χ2n) is 3.90. The lowest BCUT2D eigenvalue weighted by molar-refractivity contribution is -0.123. The Kier molecular flexibility index (Phi) is 4.62. The van der Waals surface area contributed by atoms with Gasteiger partial charge in [-0.1, -0.05) is 19.1 Å². The van der Waals surface area contributed by atoms with Crippen molar-refractivity contribution in [2.75, 3.05) is 0 Å². The first-order valence-corrected chi connectivity index (χ1v) is 5.88. The Morgan fingerprint density at radius 1 is 1.71 bits per heavy atom. The first-order chi connectivity index (χ1) is 7.95. The second kappa shape index (κ2) is 5.77. The van der Waals surface area contributed by atoms with E-state index < -0.39 is 5.92 Å². The highest BCUT2D eigenvalue weighted by Crippen LogP contribution is 2.13. The van der Waals surface area contributed by atoms with E-state index in [2.05, 4.69) is 10.3 Å². The Morgan fingerprint density at radius 2 is 2.35 bits per heavy atom. The number of nitrogens with one attached hydrogen (secondary N) is 1. The summed E-state index contributed by atoms with van der Waals surface area (Å²) in [5.41, 5.74) is 5.50. The van der Waals surface area contributed by atoms with Crippen LogP contribution in [-0.4, -0.2) is 15.9 Å². The fourth-order valence-corrected chi connectivity index (χ4v) is 1.74. The van der Waals surface area contributed by atoms with Crippen molar-refractivity contribution >= 4 is 23.1 Å². The fourth-order valence-electron chi connectivity index (χ4n) is 1.46. The van der Waals surface area contributed by atoms with Crippen molar-refractivity contribution in [3.05, 3.63) is 17.8 Å². The van der Waals surface area contributed by atoms with Gasteiger partial charge in [0.15, 0.2) is 0 Å². The number of aromatic nitrogens is 1. The van der Waals surface area contributed by atoms with Crippen LogP contribution in [-0.2, 0) is 4.79 Å². The molecule has 0 spiro atoms. The topological polar surface area (TPSA) is 81.2 Å². The number of rotatable bonds is 5. The number of aryl methyl sites for hydroxylation is 1. The Balaban J connectivity index is 2.65. The molecule has 0 bridgehead atoms. The molecule has 0 saturated heterocycles. The molecule has 0 aromatic carbocycles. The van der Waals surface area contributed by atoms with E-state index in [1.54, 1.807) is 20.0 Å². The smallest absolute Gasteiger partial charge is 0.230 e. The summed E-state index contributed by atoms with van der Waals surface area (Å²) in [4.78, 5) is 16.1. The first kappa shape index (κ1) is 13.6. The summed E-state index contributed by atoms with van der Waals surface area (Å²) in [6, 6.07) is -0.292. The van der Waals surface area contributed by atoms with E-state index in [0.717, 1.165) is 0 Å². The number of nitrogens with two attached hydrogens (primary N) is 1. The zero-order chi connectivity index (χ0) is 13.0. The molecule has 5 nitrogen and oxygen atoms in total. The molecule has 0 radical (unpaired) electrons. The lowest BCUT2D eigenvalue weighted by atomic mass is 10.1. The normalized spacial score (nSPS) is 14.1. The highest BCUT2D eigenvalue weighted by atomic mass is 32.1. The van der Waals surface area contributed by atoms with Gasteiger partial charge < -0.3 is 15.5 Å². The van der Waals surface area contributed by atoms with Crippen molar-refractivity contribution in [2.24, 2.45) is 11.7 Å². The van der Waals surface area contributed by atoms with Gasteiger partial charge in [-0.05, 0) is 20.3 Å². The summed E-state index contributed by atoms with van der Waals surface area (Å²) < 4.78 is 5.33. The molecule has 6 heteroatoms. The van der Waals surface area contributed by atoms with E-state index in [-0.39, 0.29) is 16.9 Å². The lowest BCUT2D eigenvalue weighted by Gasteiger charge is -2.16. The Bertz CT molecular complexity index is 417. The van der Waals surface area contributed by atoms with Crippen molar-refractivity contribution in [1.82, 2.24) is 10.3 Å². The first-order valence-electron chi connectivity index (χ1n) is 5.47. The van der Waals surface area contributed by atoms with Crippen LogP contribution in [0.3, 0.4) is 0 Å². The van der Waals surface area contributed by atoms with Gasteiger partial charge in [0.1, 0.15) is 11.8 Å². The number of amides is 1. The van der Waals surface area contributed by atoms with Gasteiger partial charge in [0.25, 0.3) is 0 Å². The Labute approximate surface area is 106 Å². The van der Waals surface area contributed by atoms with E-state index >= 15 is 0 Å². The van der Waals surface area contributed by atoms with E-state index in [1.807, 2.05) is 6.92 Å². The van der Waals surface area contributed by atoms with Crippen LogP contribution in [0.1, 0.15) is 38.0 Å². The third-order valence-electron chi connectivity index (χ3n) is 2.44. The van der Waals surface area contributed by atoms with E-state index in [1.165, 1.54) is 0 Å². The minimum atomic E-state index is -0.441. The summed E-state index contributed by atoms with van der Waals surface area (Å²) in [5, 5.41) is 2.78. The maximum atomic E-state index is 11.9. The van der Waals surface area contributed by atoms with Crippen molar-refractivity contribution in [3.8, 4) is 0 Å². The molecule has 94 valence electrons. The SMILES string of the molecule is CCC(C(=O)NC(C)c1ncc(C)o1)C(N)=S. The molecule has 0 aliphatic heterocycles. The van der Waals surface area contributed by atoms with Crippen LogP contribution in [0.4, 0.5) is 0 Å². The molecule has 1 rings (SSSR count). The maximum absolute atomic E-state index is 11.9. The van der Waals surface area contributed by atoms with E-state index in [4.69, 9.17) is 22.4 Å². The van der Waals surface area contributed by atoms with Crippen molar-refractivity contribution in [2.45, 2.75) is 33.2 Å². The average molecular weight is 255 g/mol. The highest BCUT2D eigenvalue weighted by Gasteiger charge is 2.22. The van der Waals surface area contributed by atoms with Crippen LogP contribution in [0, 0.1) is 12.8 Å². The Hall–Kier alpha value is -1.43. The molecule has 2 unspecified atom stereocenters. The minimum Gasteiger partial charge on any atom is -0.444 e. The maximum Gasteiger partial charge on any atom is 0.230 e. The van der Waals surface area contributed by atoms with E-state index in [0.29, 0.717) is 18.1 Å². The minimum absolute atomic E-state index is 0.191. The number of thiocarbonyl (C=S) groups is 1. The molecule has 0 aliphatic rings. The fraction of sp³-hybridized carbons (Fsp3) is 0.545. The molecule has 2 atom stereocenters. The standard InChI is InChI=1S/C11H17N3O2S/c1-4-8(9(12)17)10(15)14-7(3)11-13-5-6(2)16-11/h5,7-8H,4H2,1-3H3,(H2,12,17)(H,14,15). The molecule has 17 heavy (non-hydrogen) atoms. The molecular formula is C11H17N3O2S. The molecule has 1 aromatic heterocycles. The monoisotopic (exact) mass is 255 g/mol. The summed E-state index contributed by atoms with van der Waals surface area (Å²) in [6.45, 7) is 5.47. The van der Waals surface area contributed by atoms with Crippen LogP contribution >= 0.6 is 12.2 Å². The van der Waals surface area contributed by atoms with Crippen molar-refractivity contribution in [3.63, 3.8) is 0 Å². The molecule has 0 saturated carbocycles. The summed E-state index contributed by atoms with van der Waals surface area (Å²) in [5.74, 6) is 0.558. The van der Waals surface area contributed by atoms with Gasteiger partial charge in [0.05, 0.1) is 17.1 Å². The molecule has 3 N–H and O–H groups in total. The van der Waals surface area contributed by atoms with Gasteiger partial charge in [-0.2, -0.15) is 0 Å². The Morgan fingerprint density at radius 3 is 2.76 bits per heavy atom. The third-order valence-corrected chi connectivity index (χ3v) is 2.72. The zero-order valence-electron chi connectivity index (χ0n) is 10.2. The lowest BCUT2D eigenvalue weighted by Crippen LogP contribution is -2.38. The van der Waals surface area contributed by atoms with E-state index in [9.17, 15) is 4.79 Å². The van der Waals surface area contributed by atoms with Gasteiger partial charge in [0.2, 0.25) is 11.8 Å². The quantitative estimate of drug-likeness (QED) is 0.779. The number of nitrogens with zero attached hydrogens (tertiary/aromatic N) is 1. The molecule has 1 amide bonds. The van der Waals surface area contributed by atoms with Crippen LogP contribution in [0.25, 0.3) is 0 Å². The zero-order valence-corrected chi connectivity index (χ0v) is 11.0.